The summed E-state index contributed by atoms with van der Waals surface area (Å²) in [5, 5.41) is 12.1. The molecule has 1 aromatic rings. The highest BCUT2D eigenvalue weighted by molar-refractivity contribution is 5.98. The monoisotopic (exact) mass is 360 g/mol. The third-order valence-corrected chi connectivity index (χ3v) is 4.67. The van der Waals surface area contributed by atoms with Crippen LogP contribution in [0, 0.1) is 11.3 Å². The van der Waals surface area contributed by atoms with E-state index >= 15 is 0 Å². The minimum atomic E-state index is -0.861. The molecule has 1 saturated heterocycles. The van der Waals surface area contributed by atoms with Crippen LogP contribution in [-0.2, 0) is 4.79 Å². The zero-order valence-electron chi connectivity index (χ0n) is 15.9. The van der Waals surface area contributed by atoms with E-state index in [2.05, 4.69) is 5.32 Å². The zero-order chi connectivity index (χ0) is 19.5. The number of benzene rings is 1. The molecule has 1 fully saturated rings. The first-order chi connectivity index (χ1) is 12.1. The van der Waals surface area contributed by atoms with Crippen LogP contribution in [0.4, 0.5) is 0 Å². The maximum absolute atomic E-state index is 12.7. The topological polar surface area (TPSA) is 86.7 Å². The lowest BCUT2D eigenvalue weighted by atomic mass is 9.93. The van der Waals surface area contributed by atoms with Crippen molar-refractivity contribution in [3.63, 3.8) is 0 Å². The Balaban J connectivity index is 2.06. The molecule has 142 valence electrons. The smallest absolute Gasteiger partial charge is 0.308 e. The second kappa shape index (κ2) is 7.89. The Hall–Kier alpha value is -2.37. The highest BCUT2D eigenvalue weighted by Gasteiger charge is 2.32. The van der Waals surface area contributed by atoms with Crippen molar-refractivity contribution in [2.45, 2.75) is 46.6 Å². The number of carboxylic acids is 1. The summed E-state index contributed by atoms with van der Waals surface area (Å²) in [6.45, 7) is 8.85. The van der Waals surface area contributed by atoms with E-state index in [1.807, 2.05) is 27.7 Å². The van der Waals surface area contributed by atoms with Crippen LogP contribution in [0.2, 0.25) is 0 Å². The molecule has 26 heavy (non-hydrogen) atoms. The van der Waals surface area contributed by atoms with E-state index in [9.17, 15) is 19.5 Å². The first-order valence-corrected chi connectivity index (χ1v) is 9.00. The number of nitrogens with one attached hydrogen (secondary N) is 1. The summed E-state index contributed by atoms with van der Waals surface area (Å²) in [5.74, 6) is -1.74. The number of hydrogen-bond acceptors (Lipinski definition) is 3. The molecule has 1 aromatic carbocycles. The minimum absolute atomic E-state index is 0.00332. The SMILES string of the molecule is CC1CCC(C(=O)O)CN1C(=O)c1ccc(C(=O)NCC(C)(C)C)cc1. The predicted molar refractivity (Wildman–Crippen MR) is 99.1 cm³/mol. The molecular formula is C20H28N2O4. The number of carbonyl (C=O) groups is 3. The van der Waals surface area contributed by atoms with Gasteiger partial charge < -0.3 is 15.3 Å². The van der Waals surface area contributed by atoms with Crippen molar-refractivity contribution in [1.82, 2.24) is 10.2 Å². The van der Waals surface area contributed by atoms with Crippen molar-refractivity contribution in [3.8, 4) is 0 Å². The molecule has 2 atom stereocenters. The van der Waals surface area contributed by atoms with Crippen LogP contribution >= 0.6 is 0 Å². The van der Waals surface area contributed by atoms with E-state index in [1.54, 1.807) is 29.2 Å². The average molecular weight is 360 g/mol. The molecule has 0 saturated carbocycles. The summed E-state index contributed by atoms with van der Waals surface area (Å²) in [5.41, 5.74) is 0.965. The van der Waals surface area contributed by atoms with Gasteiger partial charge in [0.1, 0.15) is 0 Å². The van der Waals surface area contributed by atoms with Crippen LogP contribution in [-0.4, -0.2) is 46.9 Å². The molecule has 1 heterocycles. The Labute approximate surface area is 154 Å². The minimum Gasteiger partial charge on any atom is -0.481 e. The van der Waals surface area contributed by atoms with Crippen molar-refractivity contribution in [2.24, 2.45) is 11.3 Å². The van der Waals surface area contributed by atoms with E-state index in [-0.39, 0.29) is 29.8 Å². The number of piperidine rings is 1. The molecule has 0 spiro atoms. The Morgan fingerprint density at radius 1 is 1.12 bits per heavy atom. The van der Waals surface area contributed by atoms with Crippen molar-refractivity contribution in [2.75, 3.05) is 13.1 Å². The molecule has 0 bridgehead atoms. The number of carbonyl (C=O) groups excluding carboxylic acids is 2. The summed E-state index contributed by atoms with van der Waals surface area (Å²) in [6, 6.07) is 6.53. The van der Waals surface area contributed by atoms with E-state index in [1.165, 1.54) is 0 Å². The predicted octanol–water partition coefficient (Wildman–Crippen LogP) is 2.79. The molecule has 2 unspecified atom stereocenters. The van der Waals surface area contributed by atoms with Gasteiger partial charge in [0.05, 0.1) is 5.92 Å². The van der Waals surface area contributed by atoms with Crippen LogP contribution < -0.4 is 5.32 Å². The first-order valence-electron chi connectivity index (χ1n) is 9.00. The van der Waals surface area contributed by atoms with Gasteiger partial charge in [-0.05, 0) is 49.4 Å². The van der Waals surface area contributed by atoms with Gasteiger partial charge in [-0.3, -0.25) is 14.4 Å². The molecule has 0 aromatic heterocycles. The lowest BCUT2D eigenvalue weighted by Gasteiger charge is -2.36. The summed E-state index contributed by atoms with van der Waals surface area (Å²) < 4.78 is 0. The van der Waals surface area contributed by atoms with Crippen molar-refractivity contribution < 1.29 is 19.5 Å². The van der Waals surface area contributed by atoms with E-state index in [4.69, 9.17) is 0 Å². The van der Waals surface area contributed by atoms with Gasteiger partial charge >= 0.3 is 5.97 Å². The largest absolute Gasteiger partial charge is 0.481 e. The van der Waals surface area contributed by atoms with E-state index in [0.29, 0.717) is 30.5 Å². The second-order valence-corrected chi connectivity index (χ2v) is 8.24. The molecule has 0 radical (unpaired) electrons. The van der Waals surface area contributed by atoms with Gasteiger partial charge in [0.25, 0.3) is 11.8 Å². The molecule has 2 amide bonds. The lowest BCUT2D eigenvalue weighted by molar-refractivity contribution is -0.143. The summed E-state index contributed by atoms with van der Waals surface area (Å²) >= 11 is 0. The Morgan fingerprint density at radius 2 is 1.69 bits per heavy atom. The number of rotatable bonds is 4. The number of amides is 2. The number of nitrogens with zero attached hydrogens (tertiary/aromatic N) is 1. The maximum atomic E-state index is 12.7. The summed E-state index contributed by atoms with van der Waals surface area (Å²) in [4.78, 5) is 37.8. The highest BCUT2D eigenvalue weighted by atomic mass is 16.4. The molecule has 2 rings (SSSR count). The van der Waals surface area contributed by atoms with E-state index < -0.39 is 11.9 Å². The van der Waals surface area contributed by atoms with Gasteiger partial charge in [0.2, 0.25) is 0 Å². The average Bonchev–Trinajstić information content (AvgIpc) is 2.58. The molecular weight excluding hydrogens is 332 g/mol. The molecule has 1 aliphatic heterocycles. The van der Waals surface area contributed by atoms with Gasteiger partial charge in [-0.15, -0.1) is 0 Å². The second-order valence-electron chi connectivity index (χ2n) is 8.24. The first kappa shape index (κ1) is 19.9. The van der Waals surface area contributed by atoms with Crippen molar-refractivity contribution >= 4 is 17.8 Å². The van der Waals surface area contributed by atoms with Crippen LogP contribution in [0.15, 0.2) is 24.3 Å². The summed E-state index contributed by atoms with van der Waals surface area (Å²) in [7, 11) is 0. The quantitative estimate of drug-likeness (QED) is 0.864. The molecule has 6 nitrogen and oxygen atoms in total. The maximum Gasteiger partial charge on any atom is 0.308 e. The Morgan fingerprint density at radius 3 is 2.23 bits per heavy atom. The summed E-state index contributed by atoms with van der Waals surface area (Å²) in [6.07, 6.45) is 1.27. The third-order valence-electron chi connectivity index (χ3n) is 4.67. The van der Waals surface area contributed by atoms with Crippen molar-refractivity contribution in [1.29, 1.82) is 0 Å². The standard InChI is InChI=1S/C20H28N2O4/c1-13-5-6-16(19(25)26)11-22(13)18(24)15-9-7-14(8-10-15)17(23)21-12-20(2,3)4/h7-10,13,16H,5-6,11-12H2,1-4H3,(H,21,23)(H,25,26). The number of aliphatic carboxylic acids is 1. The normalized spacial score (nSPS) is 20.5. The molecule has 6 heteroatoms. The van der Waals surface area contributed by atoms with Gasteiger partial charge in [0.15, 0.2) is 0 Å². The van der Waals surface area contributed by atoms with Gasteiger partial charge in [0, 0.05) is 30.3 Å². The number of carboxylic acid groups (broad SMARTS) is 1. The third kappa shape index (κ3) is 5.07. The number of likely N-dealkylation sites (tertiary alicyclic amines) is 1. The van der Waals surface area contributed by atoms with Crippen LogP contribution in [0.25, 0.3) is 0 Å². The molecule has 1 aliphatic rings. The van der Waals surface area contributed by atoms with Gasteiger partial charge in [-0.25, -0.2) is 0 Å². The lowest BCUT2D eigenvalue weighted by Crippen LogP contribution is -2.47. The van der Waals surface area contributed by atoms with Gasteiger partial charge in [-0.1, -0.05) is 20.8 Å². The van der Waals surface area contributed by atoms with Crippen LogP contribution in [0.5, 0.6) is 0 Å². The number of hydrogen-bond donors (Lipinski definition) is 2. The highest BCUT2D eigenvalue weighted by Crippen LogP contribution is 2.24. The van der Waals surface area contributed by atoms with Crippen LogP contribution in [0.3, 0.4) is 0 Å². The molecule has 0 aliphatic carbocycles. The van der Waals surface area contributed by atoms with Crippen LogP contribution in [0.1, 0.15) is 61.3 Å². The Kier molecular flexibility index (Phi) is 6.05. The molecule has 2 N–H and O–H groups in total. The fourth-order valence-electron chi connectivity index (χ4n) is 2.97. The van der Waals surface area contributed by atoms with Gasteiger partial charge in [-0.2, -0.15) is 0 Å². The fourth-order valence-corrected chi connectivity index (χ4v) is 2.97. The van der Waals surface area contributed by atoms with E-state index in [0.717, 1.165) is 0 Å². The fraction of sp³-hybridized carbons (Fsp3) is 0.550. The van der Waals surface area contributed by atoms with Crippen molar-refractivity contribution in [3.05, 3.63) is 35.4 Å². The zero-order valence-corrected chi connectivity index (χ0v) is 15.9. The Bertz CT molecular complexity index is 676.